The SMILES string of the molecule is C.C.C.C.CC(C)(C)NC(Cc1ccccc1)C(=O)CC(CCCN)C(=O)C(C)(C)C.CC(C)(C)NCC(=O)NCC(=O)NCC(=O)NCCNC(=O)OC(C)(C)C.CC(C)(C)NCC(=O)NCC(=O)NCC(=O)NCCNC(=O)OC(C)(C)C.CC(CC(=O)C(NC(C)(C)C)C(C)C)C(=O)C(C)(C)C. The lowest BCUT2D eigenvalue weighted by Gasteiger charge is -2.31. The summed E-state index contributed by atoms with van der Waals surface area (Å²) >= 11 is 0. The Morgan fingerprint density at radius 1 is 0.400 bits per heavy atom. The molecule has 0 bridgehead atoms. The van der Waals surface area contributed by atoms with E-state index < -0.39 is 52.4 Å². The van der Waals surface area contributed by atoms with Crippen LogP contribution in [0.3, 0.4) is 0 Å². The molecule has 8 amide bonds. The van der Waals surface area contributed by atoms with Gasteiger partial charge < -0.3 is 79.0 Å². The van der Waals surface area contributed by atoms with E-state index in [9.17, 15) is 57.5 Å². The Kier molecular flexibility index (Phi) is 56.2. The number of nitrogens with two attached hydrogens (primary N) is 1. The van der Waals surface area contributed by atoms with Gasteiger partial charge in [-0.25, -0.2) is 9.59 Å². The van der Waals surface area contributed by atoms with E-state index in [1.54, 1.807) is 41.5 Å². The molecule has 0 saturated heterocycles. The van der Waals surface area contributed by atoms with Crippen molar-refractivity contribution in [2.45, 2.75) is 294 Å². The fourth-order valence-corrected chi connectivity index (χ4v) is 8.79. The minimum absolute atomic E-state index is 0. The molecule has 0 aliphatic rings. The van der Waals surface area contributed by atoms with Crippen molar-refractivity contribution >= 4 is 70.8 Å². The maximum atomic E-state index is 13.2. The van der Waals surface area contributed by atoms with Gasteiger partial charge in [0, 0.05) is 83.8 Å². The van der Waals surface area contributed by atoms with Crippen LogP contribution in [-0.4, -0.2) is 188 Å². The number of Topliss-reactive ketones (excluding diaryl/α,β-unsaturated/α-hetero) is 4. The third-order valence-corrected chi connectivity index (χ3v) is 13.5. The second-order valence-corrected chi connectivity index (χ2v) is 33.7. The molecule has 0 aliphatic carbocycles. The van der Waals surface area contributed by atoms with E-state index >= 15 is 0 Å². The number of carbonyl (C=O) groups excluding carboxylic acids is 12. The maximum Gasteiger partial charge on any atom is 0.407 e. The number of benzene rings is 1. The lowest BCUT2D eigenvalue weighted by molar-refractivity contribution is -0.134. The molecule has 0 heterocycles. The monoisotopic (exact) mass is 1500 g/mol. The Hall–Kier alpha value is -6.94. The molecule has 0 aliphatic heterocycles. The van der Waals surface area contributed by atoms with Crippen molar-refractivity contribution in [1.82, 2.24) is 63.8 Å². The second-order valence-electron chi connectivity index (χ2n) is 33.7. The molecule has 0 spiro atoms. The number of alkyl carbamates (subject to hydrolysis) is 2. The lowest BCUT2D eigenvalue weighted by atomic mass is 9.78. The van der Waals surface area contributed by atoms with Crippen LogP contribution in [0.15, 0.2) is 30.3 Å². The Morgan fingerprint density at radius 2 is 0.733 bits per heavy atom. The van der Waals surface area contributed by atoms with E-state index in [-0.39, 0.29) is 194 Å². The highest BCUT2D eigenvalue weighted by Gasteiger charge is 2.35. The minimum atomic E-state index is -0.587. The van der Waals surface area contributed by atoms with Crippen molar-refractivity contribution < 1.29 is 67.0 Å². The largest absolute Gasteiger partial charge is 0.444 e. The topological polar surface area (TPSA) is 394 Å². The van der Waals surface area contributed by atoms with E-state index in [4.69, 9.17) is 15.2 Å². The zero-order valence-electron chi connectivity index (χ0n) is 66.9. The first-order valence-electron chi connectivity index (χ1n) is 35.2. The van der Waals surface area contributed by atoms with Crippen LogP contribution >= 0.6 is 0 Å². The normalized spacial score (nSPS) is 12.7. The van der Waals surface area contributed by atoms with Crippen LogP contribution < -0.4 is 69.5 Å². The van der Waals surface area contributed by atoms with Crippen LogP contribution in [-0.2, 0) is 63.8 Å². The zero-order valence-corrected chi connectivity index (χ0v) is 66.9. The van der Waals surface area contributed by atoms with Crippen molar-refractivity contribution in [1.29, 1.82) is 0 Å². The van der Waals surface area contributed by atoms with Gasteiger partial charge in [-0.05, 0) is 162 Å². The van der Waals surface area contributed by atoms with Crippen molar-refractivity contribution in [3.8, 4) is 0 Å². The Labute approximate surface area is 635 Å². The van der Waals surface area contributed by atoms with Crippen LogP contribution in [0.5, 0.6) is 0 Å². The summed E-state index contributed by atoms with van der Waals surface area (Å²) in [6.07, 6.45) is 1.52. The molecule has 105 heavy (non-hydrogen) atoms. The summed E-state index contributed by atoms with van der Waals surface area (Å²) in [7, 11) is 0. The molecule has 27 nitrogen and oxygen atoms in total. The van der Waals surface area contributed by atoms with E-state index in [2.05, 4.69) is 105 Å². The molecule has 614 valence electrons. The quantitative estimate of drug-likeness (QED) is 0.0287. The Balaban J connectivity index is -0.000000242. The molecule has 4 atom stereocenters. The molecule has 0 aromatic heterocycles. The molecule has 4 unspecified atom stereocenters. The van der Waals surface area contributed by atoms with E-state index in [1.165, 1.54) is 0 Å². The Morgan fingerprint density at radius 3 is 1.04 bits per heavy atom. The van der Waals surface area contributed by atoms with Crippen LogP contribution in [0.25, 0.3) is 0 Å². The number of amides is 8. The van der Waals surface area contributed by atoms with Gasteiger partial charge in [-0.15, -0.1) is 0 Å². The zero-order chi connectivity index (χ0) is 79.1. The molecular formula is C78H153N13O14. The summed E-state index contributed by atoms with van der Waals surface area (Å²) in [6, 6.07) is 9.53. The number of hydrogen-bond acceptors (Lipinski definition) is 19. The van der Waals surface area contributed by atoms with Crippen LogP contribution in [0, 0.1) is 28.6 Å². The van der Waals surface area contributed by atoms with E-state index in [1.807, 2.05) is 134 Å². The van der Waals surface area contributed by atoms with Crippen molar-refractivity contribution in [3.63, 3.8) is 0 Å². The van der Waals surface area contributed by atoms with Gasteiger partial charge in [-0.1, -0.05) is 122 Å². The average molecular weight is 1500 g/mol. The van der Waals surface area contributed by atoms with Crippen molar-refractivity contribution in [3.05, 3.63) is 35.9 Å². The number of ketones is 4. The van der Waals surface area contributed by atoms with E-state index in [0.29, 0.717) is 25.8 Å². The van der Waals surface area contributed by atoms with Crippen LogP contribution in [0.1, 0.15) is 248 Å². The highest BCUT2D eigenvalue weighted by molar-refractivity contribution is 5.94. The number of rotatable bonds is 34. The van der Waals surface area contributed by atoms with Crippen LogP contribution in [0.4, 0.5) is 9.59 Å². The Bertz CT molecular complexity index is 2630. The fraction of sp³-hybridized carbons (Fsp3) is 0.769. The third kappa shape index (κ3) is 66.3. The number of ether oxygens (including phenoxy) is 2. The highest BCUT2D eigenvalue weighted by Crippen LogP contribution is 2.27. The molecule has 1 rings (SSSR count). The predicted octanol–water partition coefficient (Wildman–Crippen LogP) is 8.56. The molecule has 27 heteroatoms. The van der Waals surface area contributed by atoms with Gasteiger partial charge >= 0.3 is 12.2 Å². The van der Waals surface area contributed by atoms with Crippen molar-refractivity contribution in [2.75, 3.05) is 72.0 Å². The molecule has 0 radical (unpaired) electrons. The summed E-state index contributed by atoms with van der Waals surface area (Å²) < 4.78 is 10.1. The second kappa shape index (κ2) is 52.9. The molecule has 1 aromatic carbocycles. The molecule has 0 saturated carbocycles. The van der Waals surface area contributed by atoms with Gasteiger partial charge in [0.05, 0.1) is 51.4 Å². The summed E-state index contributed by atoms with van der Waals surface area (Å²) in [6.45, 7) is 52.5. The smallest absolute Gasteiger partial charge is 0.407 e. The van der Waals surface area contributed by atoms with Gasteiger partial charge in [0.15, 0.2) is 11.6 Å². The van der Waals surface area contributed by atoms with Crippen molar-refractivity contribution in [2.24, 2.45) is 34.3 Å². The predicted molar refractivity (Wildman–Crippen MR) is 426 cm³/mol. The van der Waals surface area contributed by atoms with Crippen LogP contribution in [0.2, 0.25) is 0 Å². The van der Waals surface area contributed by atoms with Gasteiger partial charge in [0.2, 0.25) is 35.4 Å². The summed E-state index contributed by atoms with van der Waals surface area (Å²) in [5.74, 6) is -2.08. The third-order valence-electron chi connectivity index (χ3n) is 13.5. The minimum Gasteiger partial charge on any atom is -0.444 e. The van der Waals surface area contributed by atoms with Gasteiger partial charge in [0.25, 0.3) is 0 Å². The number of hydrogen-bond donors (Lipinski definition) is 13. The summed E-state index contributed by atoms with van der Waals surface area (Å²) in [4.78, 5) is 143. The number of nitrogens with one attached hydrogen (secondary N) is 12. The van der Waals surface area contributed by atoms with Gasteiger partial charge in [-0.3, -0.25) is 47.9 Å². The lowest BCUT2D eigenvalue weighted by Crippen LogP contribution is -2.51. The fourth-order valence-electron chi connectivity index (χ4n) is 8.79. The first-order chi connectivity index (χ1) is 45.8. The standard InChI is InChI=1S/C23H38N2O2.2C17H33N5O5.C17H33NO2.4CH4/c1-22(2,3)21(27)18(13-10-14-24)16-20(26)19(25-23(4,5)6)15-17-11-8-7-9-12-17;2*1-16(2,3)22-11-14(25)21-10-13(24)20-9-12(23)18-7-8-19-15(26)27-17(4,5)6;1-11(2)14(18-17(7,8)9)13(19)10-12(3)15(20)16(4,5)6;;;;/h7-9,11-12,18-19,25H,10,13-16,24H2,1-6H3;2*22H,7-11H2,1-6H3,(H,18,23)(H,19,26)(H,20,24)(H,21,25);11-12,14,18H,10H2,1-9H3;4*1H4. The molecule has 1 aromatic rings. The van der Waals surface area contributed by atoms with Gasteiger partial charge in [-0.2, -0.15) is 0 Å². The number of carbonyl (C=O) groups is 12. The molecular weight excluding hydrogens is 1340 g/mol. The summed E-state index contributed by atoms with van der Waals surface area (Å²) in [5, 5.41) is 32.6. The highest BCUT2D eigenvalue weighted by atomic mass is 16.6. The average Bonchev–Trinajstić information content (AvgIpc) is 0.851. The summed E-state index contributed by atoms with van der Waals surface area (Å²) in [5.41, 5.74) is 4.07. The molecule has 14 N–H and O–H groups in total. The first-order valence-corrected chi connectivity index (χ1v) is 35.2. The first kappa shape index (κ1) is 111. The van der Waals surface area contributed by atoms with E-state index in [0.717, 1.165) is 12.0 Å². The van der Waals surface area contributed by atoms with Gasteiger partial charge in [0.1, 0.15) is 22.8 Å². The molecule has 0 fully saturated rings. The maximum absolute atomic E-state index is 13.2.